The molecule has 4 heteroatoms. The minimum absolute atomic E-state index is 0.586. The van der Waals surface area contributed by atoms with Gasteiger partial charge in [0.1, 0.15) is 0 Å². The van der Waals surface area contributed by atoms with Gasteiger partial charge in [0.2, 0.25) is 0 Å². The van der Waals surface area contributed by atoms with E-state index in [1.807, 2.05) is 11.7 Å². The van der Waals surface area contributed by atoms with Crippen molar-refractivity contribution in [2.45, 2.75) is 58.9 Å². The predicted octanol–water partition coefficient (Wildman–Crippen LogP) is 3.35. The number of hydrogen-bond donors (Lipinski definition) is 1. The van der Waals surface area contributed by atoms with Gasteiger partial charge in [0, 0.05) is 13.1 Å². The van der Waals surface area contributed by atoms with Gasteiger partial charge in [-0.3, -0.25) is 4.68 Å². The van der Waals surface area contributed by atoms with Crippen molar-refractivity contribution in [3.63, 3.8) is 0 Å². The highest BCUT2D eigenvalue weighted by molar-refractivity contribution is 6.31. The summed E-state index contributed by atoms with van der Waals surface area (Å²) in [5.74, 6) is 0. The largest absolute Gasteiger partial charge is 0.314 e. The smallest absolute Gasteiger partial charge is 0.0849 e. The van der Waals surface area contributed by atoms with Crippen LogP contribution in [0.5, 0.6) is 0 Å². The van der Waals surface area contributed by atoms with Gasteiger partial charge in [0.25, 0.3) is 0 Å². The second kappa shape index (κ2) is 7.80. The third-order valence-corrected chi connectivity index (χ3v) is 3.73. The van der Waals surface area contributed by atoms with Crippen molar-refractivity contribution in [2.24, 2.45) is 7.05 Å². The van der Waals surface area contributed by atoms with Crippen LogP contribution in [0.2, 0.25) is 5.02 Å². The maximum Gasteiger partial charge on any atom is 0.0849 e. The summed E-state index contributed by atoms with van der Waals surface area (Å²) in [7, 11) is 1.99. The molecule has 0 fully saturated rings. The molecule has 0 saturated heterocycles. The molecule has 1 aromatic heterocycles. The van der Waals surface area contributed by atoms with Crippen molar-refractivity contribution < 1.29 is 0 Å². The first-order valence-electron chi connectivity index (χ1n) is 7.03. The molecule has 0 aromatic carbocycles. The standard InChI is InChI=1S/C14H26ClN3/c1-5-10-16-11(3)8-7-9-13-14(15)12(6-2)17-18(13)4/h11,16H,5-10H2,1-4H3. The summed E-state index contributed by atoms with van der Waals surface area (Å²) in [6.07, 6.45) is 5.45. The van der Waals surface area contributed by atoms with Crippen LogP contribution in [0.25, 0.3) is 0 Å². The SMILES string of the molecule is CCCNC(C)CCCc1c(Cl)c(CC)nn1C. The van der Waals surface area contributed by atoms with Gasteiger partial charge >= 0.3 is 0 Å². The minimum atomic E-state index is 0.586. The van der Waals surface area contributed by atoms with Crippen LogP contribution >= 0.6 is 11.6 Å². The third kappa shape index (κ3) is 4.29. The van der Waals surface area contributed by atoms with Gasteiger partial charge in [-0.2, -0.15) is 5.10 Å². The molecule has 0 spiro atoms. The van der Waals surface area contributed by atoms with E-state index in [4.69, 9.17) is 11.6 Å². The Kier molecular flexibility index (Phi) is 6.72. The van der Waals surface area contributed by atoms with Crippen molar-refractivity contribution in [3.05, 3.63) is 16.4 Å². The first kappa shape index (κ1) is 15.5. The Labute approximate surface area is 116 Å². The van der Waals surface area contributed by atoms with E-state index in [1.54, 1.807) is 0 Å². The molecular formula is C14H26ClN3. The molecule has 104 valence electrons. The number of aromatic nitrogens is 2. The number of hydrogen-bond acceptors (Lipinski definition) is 2. The first-order chi connectivity index (χ1) is 8.60. The Morgan fingerprint density at radius 3 is 2.67 bits per heavy atom. The molecule has 3 nitrogen and oxygen atoms in total. The summed E-state index contributed by atoms with van der Waals surface area (Å²) < 4.78 is 1.94. The zero-order valence-electron chi connectivity index (χ0n) is 12.1. The fourth-order valence-electron chi connectivity index (χ4n) is 2.16. The summed E-state index contributed by atoms with van der Waals surface area (Å²) in [4.78, 5) is 0. The van der Waals surface area contributed by atoms with Crippen LogP contribution < -0.4 is 5.32 Å². The Hall–Kier alpha value is -0.540. The molecule has 1 rings (SSSR count). The van der Waals surface area contributed by atoms with E-state index in [-0.39, 0.29) is 0 Å². The van der Waals surface area contributed by atoms with Crippen LogP contribution in [-0.2, 0) is 19.9 Å². The fourth-order valence-corrected chi connectivity index (χ4v) is 2.55. The lowest BCUT2D eigenvalue weighted by atomic mass is 10.1. The highest BCUT2D eigenvalue weighted by atomic mass is 35.5. The summed E-state index contributed by atoms with van der Waals surface area (Å²) in [5, 5.41) is 8.82. The van der Waals surface area contributed by atoms with Gasteiger partial charge in [0.05, 0.1) is 16.4 Å². The first-order valence-corrected chi connectivity index (χ1v) is 7.41. The van der Waals surface area contributed by atoms with Crippen LogP contribution in [0.15, 0.2) is 0 Å². The van der Waals surface area contributed by atoms with Gasteiger partial charge in [-0.05, 0) is 45.6 Å². The predicted molar refractivity (Wildman–Crippen MR) is 78.3 cm³/mol. The van der Waals surface area contributed by atoms with Gasteiger partial charge in [-0.15, -0.1) is 0 Å². The van der Waals surface area contributed by atoms with Crippen LogP contribution in [0.3, 0.4) is 0 Å². The summed E-state index contributed by atoms with van der Waals surface area (Å²) in [6.45, 7) is 7.64. The van der Waals surface area contributed by atoms with Gasteiger partial charge in [-0.1, -0.05) is 25.4 Å². The Bertz CT molecular complexity index is 360. The minimum Gasteiger partial charge on any atom is -0.314 e. The second-order valence-corrected chi connectivity index (χ2v) is 5.31. The number of nitrogens with one attached hydrogen (secondary N) is 1. The lowest BCUT2D eigenvalue weighted by Gasteiger charge is -2.12. The molecule has 0 aliphatic rings. The number of rotatable bonds is 8. The molecule has 0 aliphatic carbocycles. The van der Waals surface area contributed by atoms with Crippen molar-refractivity contribution in [1.82, 2.24) is 15.1 Å². The normalized spacial score (nSPS) is 12.9. The molecule has 0 bridgehead atoms. The average Bonchev–Trinajstić information content (AvgIpc) is 2.63. The van der Waals surface area contributed by atoms with E-state index in [1.165, 1.54) is 18.5 Å². The zero-order chi connectivity index (χ0) is 13.5. The van der Waals surface area contributed by atoms with Crippen LogP contribution in [0, 0.1) is 0 Å². The molecule has 1 heterocycles. The summed E-state index contributed by atoms with van der Waals surface area (Å²) in [5.41, 5.74) is 2.20. The van der Waals surface area contributed by atoms with E-state index >= 15 is 0 Å². The molecule has 0 radical (unpaired) electrons. The van der Waals surface area contributed by atoms with E-state index in [9.17, 15) is 0 Å². The van der Waals surface area contributed by atoms with E-state index in [2.05, 4.69) is 31.2 Å². The van der Waals surface area contributed by atoms with Crippen molar-refractivity contribution in [2.75, 3.05) is 6.54 Å². The molecule has 1 atom stereocenters. The molecule has 1 N–H and O–H groups in total. The van der Waals surface area contributed by atoms with E-state index in [0.717, 1.165) is 36.5 Å². The molecule has 0 amide bonds. The second-order valence-electron chi connectivity index (χ2n) is 4.93. The average molecular weight is 272 g/mol. The molecule has 1 unspecified atom stereocenters. The lowest BCUT2D eigenvalue weighted by molar-refractivity contribution is 0.494. The number of halogens is 1. The maximum absolute atomic E-state index is 6.33. The lowest BCUT2D eigenvalue weighted by Crippen LogP contribution is -2.26. The highest BCUT2D eigenvalue weighted by Crippen LogP contribution is 2.22. The maximum atomic E-state index is 6.33. The Morgan fingerprint density at radius 1 is 1.39 bits per heavy atom. The molecule has 1 aromatic rings. The quantitative estimate of drug-likeness (QED) is 0.786. The summed E-state index contributed by atoms with van der Waals surface area (Å²) >= 11 is 6.33. The topological polar surface area (TPSA) is 29.9 Å². The Balaban J connectivity index is 2.41. The van der Waals surface area contributed by atoms with Gasteiger partial charge < -0.3 is 5.32 Å². The fraction of sp³-hybridized carbons (Fsp3) is 0.786. The highest BCUT2D eigenvalue weighted by Gasteiger charge is 2.12. The van der Waals surface area contributed by atoms with Crippen LogP contribution in [0.1, 0.15) is 51.4 Å². The van der Waals surface area contributed by atoms with Crippen molar-refractivity contribution >= 4 is 11.6 Å². The van der Waals surface area contributed by atoms with Crippen LogP contribution in [-0.4, -0.2) is 22.4 Å². The van der Waals surface area contributed by atoms with Crippen LogP contribution in [0.4, 0.5) is 0 Å². The monoisotopic (exact) mass is 271 g/mol. The van der Waals surface area contributed by atoms with Gasteiger partial charge in [0.15, 0.2) is 0 Å². The van der Waals surface area contributed by atoms with Crippen molar-refractivity contribution in [3.8, 4) is 0 Å². The summed E-state index contributed by atoms with van der Waals surface area (Å²) in [6, 6.07) is 0.586. The molecule has 18 heavy (non-hydrogen) atoms. The zero-order valence-corrected chi connectivity index (χ0v) is 12.8. The molecule has 0 saturated carbocycles. The Morgan fingerprint density at radius 2 is 2.11 bits per heavy atom. The third-order valence-electron chi connectivity index (χ3n) is 3.30. The molecular weight excluding hydrogens is 246 g/mol. The number of nitrogens with zero attached hydrogens (tertiary/aromatic N) is 2. The van der Waals surface area contributed by atoms with Gasteiger partial charge in [-0.25, -0.2) is 0 Å². The van der Waals surface area contributed by atoms with E-state index in [0.29, 0.717) is 6.04 Å². The van der Waals surface area contributed by atoms with Crippen molar-refractivity contribution in [1.29, 1.82) is 0 Å². The number of aryl methyl sites for hydroxylation is 2. The molecule has 0 aliphatic heterocycles. The van der Waals surface area contributed by atoms with E-state index < -0.39 is 0 Å².